The summed E-state index contributed by atoms with van der Waals surface area (Å²) in [5, 5.41) is 0. The second kappa shape index (κ2) is 6.29. The van der Waals surface area contributed by atoms with E-state index < -0.39 is 0 Å². The maximum atomic E-state index is 12.5. The normalized spacial score (nSPS) is 17.5. The highest BCUT2D eigenvalue weighted by Crippen LogP contribution is 2.23. The number of nitrogens with zero attached hydrogens (tertiary/aromatic N) is 2. The van der Waals surface area contributed by atoms with Crippen molar-refractivity contribution in [1.29, 1.82) is 0 Å². The molecule has 0 radical (unpaired) electrons. The van der Waals surface area contributed by atoms with Crippen LogP contribution in [-0.2, 0) is 0 Å². The van der Waals surface area contributed by atoms with E-state index in [2.05, 4.69) is 40.5 Å². The number of amides is 1. The Bertz CT molecular complexity index is 473. The zero-order chi connectivity index (χ0) is 14.0. The van der Waals surface area contributed by atoms with E-state index in [0.29, 0.717) is 11.6 Å². The maximum absolute atomic E-state index is 12.5. The molecule has 1 aliphatic rings. The molecule has 1 aromatic rings. The lowest BCUT2D eigenvalue weighted by atomic mass is 10.0. The van der Waals surface area contributed by atoms with Crippen LogP contribution in [0.1, 0.15) is 23.2 Å². The minimum Gasteiger partial charge on any atom is -0.339 e. The fraction of sp³-hybridized carbons (Fsp3) is 0.500. The summed E-state index contributed by atoms with van der Waals surface area (Å²) in [4.78, 5) is 17.4. The van der Waals surface area contributed by atoms with Crippen LogP contribution in [0.4, 0.5) is 0 Å². The number of hydrogen-bond donors (Lipinski definition) is 1. The van der Waals surface area contributed by atoms with Gasteiger partial charge in [0.15, 0.2) is 0 Å². The summed E-state index contributed by atoms with van der Waals surface area (Å²) < 4.78 is 0.941. The van der Waals surface area contributed by atoms with Crippen molar-refractivity contribution < 1.29 is 4.79 Å². The molecule has 2 rings (SSSR count). The monoisotopic (exact) mass is 342 g/mol. The van der Waals surface area contributed by atoms with E-state index in [1.54, 1.807) is 0 Å². The number of benzene rings is 1. The van der Waals surface area contributed by atoms with E-state index in [4.69, 9.17) is 0 Å². The van der Waals surface area contributed by atoms with E-state index in [9.17, 15) is 4.79 Å². The topological polar surface area (TPSA) is 23.6 Å². The highest BCUT2D eigenvalue weighted by molar-refractivity contribution is 9.10. The highest BCUT2D eigenvalue weighted by atomic mass is 79.9. The number of rotatable bonds is 2. The quantitative estimate of drug-likeness (QED) is 0.835. The summed E-state index contributed by atoms with van der Waals surface area (Å²) in [6.45, 7) is 2.10. The number of thiol groups is 1. The summed E-state index contributed by atoms with van der Waals surface area (Å²) in [5.41, 5.74) is 0.674. The molecule has 0 spiro atoms. The second-order valence-corrected chi connectivity index (χ2v) is 6.51. The summed E-state index contributed by atoms with van der Waals surface area (Å²) in [5.74, 6) is 0.0621. The standard InChI is InChI=1S/C14H19BrN2OS/c1-16-7-5-11(6-8-16)17(2)14(18)12-4-3-10(15)9-13(12)19/h3-4,9,11,19H,5-8H2,1-2H3. The minimum atomic E-state index is 0.0621. The van der Waals surface area contributed by atoms with Crippen LogP contribution in [0, 0.1) is 0 Å². The van der Waals surface area contributed by atoms with Gasteiger partial charge in [-0.25, -0.2) is 0 Å². The third-order valence-electron chi connectivity index (χ3n) is 3.75. The molecule has 0 atom stereocenters. The van der Waals surface area contributed by atoms with Crippen LogP contribution in [-0.4, -0.2) is 48.9 Å². The average molecular weight is 343 g/mol. The molecular weight excluding hydrogens is 324 g/mol. The van der Waals surface area contributed by atoms with Gasteiger partial charge < -0.3 is 9.80 Å². The Morgan fingerprint density at radius 2 is 2.05 bits per heavy atom. The second-order valence-electron chi connectivity index (χ2n) is 5.11. The SMILES string of the molecule is CN1CCC(N(C)C(=O)c2ccc(Br)cc2S)CC1. The molecule has 1 aromatic carbocycles. The van der Waals surface area contributed by atoms with Crippen molar-refractivity contribution in [3.63, 3.8) is 0 Å². The van der Waals surface area contributed by atoms with Gasteiger partial charge in [-0.15, -0.1) is 12.6 Å². The fourth-order valence-corrected chi connectivity index (χ4v) is 3.27. The van der Waals surface area contributed by atoms with Crippen molar-refractivity contribution in [2.75, 3.05) is 27.2 Å². The molecule has 0 saturated carbocycles. The smallest absolute Gasteiger partial charge is 0.254 e. The number of halogens is 1. The Morgan fingerprint density at radius 1 is 1.42 bits per heavy atom. The van der Waals surface area contributed by atoms with E-state index in [1.807, 2.05) is 30.1 Å². The van der Waals surface area contributed by atoms with Crippen molar-refractivity contribution in [3.8, 4) is 0 Å². The van der Waals surface area contributed by atoms with Crippen LogP contribution in [0.3, 0.4) is 0 Å². The summed E-state index contributed by atoms with van der Waals surface area (Å²) in [7, 11) is 4.02. The van der Waals surface area contributed by atoms with Crippen LogP contribution >= 0.6 is 28.6 Å². The first kappa shape index (κ1) is 14.9. The van der Waals surface area contributed by atoms with Gasteiger partial charge in [0.05, 0.1) is 5.56 Å². The van der Waals surface area contributed by atoms with Crippen LogP contribution in [0.15, 0.2) is 27.6 Å². The van der Waals surface area contributed by atoms with Crippen LogP contribution in [0.5, 0.6) is 0 Å². The van der Waals surface area contributed by atoms with Gasteiger partial charge in [-0.05, 0) is 51.2 Å². The molecule has 1 aliphatic heterocycles. The molecule has 1 saturated heterocycles. The molecule has 3 nitrogen and oxygen atoms in total. The first-order chi connectivity index (χ1) is 8.99. The molecule has 0 N–H and O–H groups in total. The molecule has 0 unspecified atom stereocenters. The van der Waals surface area contributed by atoms with Crippen molar-refractivity contribution in [1.82, 2.24) is 9.80 Å². The molecule has 104 valence electrons. The molecule has 19 heavy (non-hydrogen) atoms. The fourth-order valence-electron chi connectivity index (χ4n) is 2.42. The van der Waals surface area contributed by atoms with Crippen LogP contribution in [0.2, 0.25) is 0 Å². The van der Waals surface area contributed by atoms with Crippen LogP contribution in [0.25, 0.3) is 0 Å². The van der Waals surface area contributed by atoms with E-state index in [-0.39, 0.29) is 5.91 Å². The van der Waals surface area contributed by atoms with Gasteiger partial charge in [-0.1, -0.05) is 15.9 Å². The third-order valence-corrected chi connectivity index (χ3v) is 4.61. The lowest BCUT2D eigenvalue weighted by Gasteiger charge is -2.35. The first-order valence-electron chi connectivity index (χ1n) is 6.43. The molecule has 1 amide bonds. The Balaban J connectivity index is 2.10. The van der Waals surface area contributed by atoms with Gasteiger partial charge in [-0.2, -0.15) is 0 Å². The Labute approximate surface area is 128 Å². The Morgan fingerprint density at radius 3 is 2.63 bits per heavy atom. The van der Waals surface area contributed by atoms with Crippen molar-refractivity contribution >= 4 is 34.5 Å². The molecule has 0 bridgehead atoms. The molecular formula is C14H19BrN2OS. The lowest BCUT2D eigenvalue weighted by molar-refractivity contribution is 0.0656. The number of carbonyl (C=O) groups excluding carboxylic acids is 1. The van der Waals surface area contributed by atoms with E-state index >= 15 is 0 Å². The van der Waals surface area contributed by atoms with Gasteiger partial charge in [0.2, 0.25) is 0 Å². The number of carbonyl (C=O) groups is 1. The zero-order valence-electron chi connectivity index (χ0n) is 11.3. The van der Waals surface area contributed by atoms with E-state index in [0.717, 1.165) is 35.3 Å². The predicted molar refractivity (Wildman–Crippen MR) is 84.0 cm³/mol. The Kier molecular flexibility index (Phi) is 4.92. The summed E-state index contributed by atoms with van der Waals surface area (Å²) in [6, 6.07) is 5.91. The van der Waals surface area contributed by atoms with Gasteiger partial charge in [-0.3, -0.25) is 4.79 Å². The summed E-state index contributed by atoms with van der Waals surface area (Å²) >= 11 is 7.78. The molecule has 5 heteroatoms. The van der Waals surface area contributed by atoms with Crippen molar-refractivity contribution in [2.24, 2.45) is 0 Å². The Hall–Kier alpha value is -0.520. The molecule has 1 fully saturated rings. The van der Waals surface area contributed by atoms with E-state index in [1.165, 1.54) is 0 Å². The summed E-state index contributed by atoms with van der Waals surface area (Å²) in [6.07, 6.45) is 2.08. The maximum Gasteiger partial charge on any atom is 0.254 e. The lowest BCUT2D eigenvalue weighted by Crippen LogP contribution is -2.44. The van der Waals surface area contributed by atoms with Gasteiger partial charge in [0.1, 0.15) is 0 Å². The van der Waals surface area contributed by atoms with Crippen molar-refractivity contribution in [3.05, 3.63) is 28.2 Å². The molecule has 1 heterocycles. The third kappa shape index (κ3) is 3.52. The first-order valence-corrected chi connectivity index (χ1v) is 7.67. The van der Waals surface area contributed by atoms with Gasteiger partial charge >= 0.3 is 0 Å². The average Bonchev–Trinajstić information content (AvgIpc) is 2.38. The highest BCUT2D eigenvalue weighted by Gasteiger charge is 2.25. The number of piperidine rings is 1. The number of likely N-dealkylation sites (tertiary alicyclic amines) is 1. The van der Waals surface area contributed by atoms with Crippen LogP contribution < -0.4 is 0 Å². The molecule has 0 aliphatic carbocycles. The molecule has 0 aromatic heterocycles. The van der Waals surface area contributed by atoms with Crippen molar-refractivity contribution in [2.45, 2.75) is 23.8 Å². The number of hydrogen-bond acceptors (Lipinski definition) is 3. The minimum absolute atomic E-state index is 0.0621. The zero-order valence-corrected chi connectivity index (χ0v) is 13.7. The van der Waals surface area contributed by atoms with Gasteiger partial charge in [0, 0.05) is 22.5 Å². The predicted octanol–water partition coefficient (Wildman–Crippen LogP) is 2.90. The van der Waals surface area contributed by atoms with Gasteiger partial charge in [0.25, 0.3) is 5.91 Å². The largest absolute Gasteiger partial charge is 0.339 e.